The third-order valence-corrected chi connectivity index (χ3v) is 6.85. The van der Waals surface area contributed by atoms with E-state index >= 15 is 0 Å². The predicted octanol–water partition coefficient (Wildman–Crippen LogP) is 4.69. The highest BCUT2D eigenvalue weighted by Gasteiger charge is 2.60. The molecule has 1 heterocycles. The molecule has 2 rings (SSSR count). The van der Waals surface area contributed by atoms with Crippen LogP contribution in [0.2, 0.25) is 0 Å². The Morgan fingerprint density at radius 3 is 1.77 bits per heavy atom. The molecule has 1 N–H and O–H groups in total. The fourth-order valence-electron chi connectivity index (χ4n) is 3.97. The number of aryl methyl sites for hydroxylation is 2. The van der Waals surface area contributed by atoms with Gasteiger partial charge in [0.15, 0.2) is 0 Å². The van der Waals surface area contributed by atoms with Crippen molar-refractivity contribution in [2.45, 2.75) is 91.5 Å². The molecule has 4 nitrogen and oxygen atoms in total. The molecule has 26 heavy (non-hydrogen) atoms. The zero-order valence-electron chi connectivity index (χ0n) is 18.2. The summed E-state index contributed by atoms with van der Waals surface area (Å²) in [5, 5.41) is 3.13. The summed E-state index contributed by atoms with van der Waals surface area (Å²) in [6, 6.07) is 6.06. The van der Waals surface area contributed by atoms with Crippen LogP contribution >= 0.6 is 0 Å². The van der Waals surface area contributed by atoms with Gasteiger partial charge in [-0.3, -0.25) is 9.69 Å². The molecular weight excluding hydrogens is 324 g/mol. The number of hydrogen-bond donors (Lipinski definition) is 1. The van der Waals surface area contributed by atoms with Gasteiger partial charge >= 0.3 is 0 Å². The molecule has 0 atom stereocenters. The number of carbonyl (C=O) groups excluding carboxylic acids is 1. The lowest BCUT2D eigenvalue weighted by Gasteiger charge is -2.66. The van der Waals surface area contributed by atoms with Crippen molar-refractivity contribution >= 4 is 11.6 Å². The second kappa shape index (κ2) is 6.35. The number of amides is 1. The summed E-state index contributed by atoms with van der Waals surface area (Å²) < 4.78 is 6.49. The van der Waals surface area contributed by atoms with Gasteiger partial charge < -0.3 is 10.1 Å². The van der Waals surface area contributed by atoms with E-state index in [0.29, 0.717) is 6.54 Å². The lowest BCUT2D eigenvalue weighted by molar-refractivity contribution is -0.289. The van der Waals surface area contributed by atoms with E-state index < -0.39 is 0 Å². The first-order valence-electron chi connectivity index (χ1n) is 9.47. The molecule has 1 amide bonds. The fraction of sp³-hybridized carbons (Fsp3) is 0.682. The average Bonchev–Trinajstić information content (AvgIpc) is 2.46. The van der Waals surface area contributed by atoms with Crippen LogP contribution in [0.1, 0.15) is 66.5 Å². The molecule has 1 saturated heterocycles. The van der Waals surface area contributed by atoms with E-state index in [2.05, 4.69) is 65.6 Å². The molecule has 1 fully saturated rings. The standard InChI is InChI=1S/C22H36N2O2/c1-15-12-11-13-16(2)18(15)23-17(25)14-24-19(3,4)21(7,8)26-22(9,10)20(24,5)6/h11-13H,14H2,1-10H3,(H,23,25). The van der Waals surface area contributed by atoms with E-state index in [9.17, 15) is 4.79 Å². The first-order chi connectivity index (χ1) is 11.6. The highest BCUT2D eigenvalue weighted by molar-refractivity contribution is 5.93. The zero-order chi connectivity index (χ0) is 20.1. The molecule has 1 aliphatic heterocycles. The van der Waals surface area contributed by atoms with Crippen LogP contribution in [0.4, 0.5) is 5.69 Å². The predicted molar refractivity (Wildman–Crippen MR) is 109 cm³/mol. The molecule has 0 saturated carbocycles. The third kappa shape index (κ3) is 3.29. The SMILES string of the molecule is Cc1cccc(C)c1NC(=O)CN1C(C)(C)C(C)(C)OC(C)(C)C1(C)C. The van der Waals surface area contributed by atoms with Crippen LogP contribution in [-0.2, 0) is 9.53 Å². The third-order valence-electron chi connectivity index (χ3n) is 6.85. The van der Waals surface area contributed by atoms with Gasteiger partial charge in [0.1, 0.15) is 0 Å². The first kappa shape index (κ1) is 20.9. The van der Waals surface area contributed by atoms with Crippen LogP contribution in [0.15, 0.2) is 18.2 Å². The summed E-state index contributed by atoms with van der Waals surface area (Å²) in [5.41, 5.74) is 1.71. The number of nitrogens with one attached hydrogen (secondary N) is 1. The molecule has 0 aromatic heterocycles. The molecular formula is C22H36N2O2. The van der Waals surface area contributed by atoms with Crippen molar-refractivity contribution in [1.82, 2.24) is 4.90 Å². The minimum Gasteiger partial charge on any atom is -0.366 e. The molecule has 146 valence electrons. The van der Waals surface area contributed by atoms with E-state index in [4.69, 9.17) is 4.74 Å². The quantitative estimate of drug-likeness (QED) is 0.850. The van der Waals surface area contributed by atoms with Gasteiger partial charge in [-0.15, -0.1) is 0 Å². The van der Waals surface area contributed by atoms with Gasteiger partial charge in [-0.05, 0) is 80.4 Å². The average molecular weight is 361 g/mol. The van der Waals surface area contributed by atoms with Crippen molar-refractivity contribution in [1.29, 1.82) is 0 Å². The van der Waals surface area contributed by atoms with Crippen molar-refractivity contribution in [2.75, 3.05) is 11.9 Å². The van der Waals surface area contributed by atoms with Crippen LogP contribution in [0.25, 0.3) is 0 Å². The lowest BCUT2D eigenvalue weighted by atomic mass is 9.71. The lowest BCUT2D eigenvalue weighted by Crippen LogP contribution is -2.78. The number of anilines is 1. The molecule has 0 bridgehead atoms. The van der Waals surface area contributed by atoms with Crippen molar-refractivity contribution in [2.24, 2.45) is 0 Å². The Kier molecular flexibility index (Phi) is 5.11. The Bertz CT molecular complexity index is 656. The number of rotatable bonds is 3. The van der Waals surface area contributed by atoms with Crippen molar-refractivity contribution in [3.05, 3.63) is 29.3 Å². The van der Waals surface area contributed by atoms with Gasteiger partial charge in [0.25, 0.3) is 0 Å². The number of hydrogen-bond acceptors (Lipinski definition) is 3. The van der Waals surface area contributed by atoms with Gasteiger partial charge in [0, 0.05) is 16.8 Å². The van der Waals surface area contributed by atoms with Crippen LogP contribution < -0.4 is 5.32 Å². The second-order valence-electron chi connectivity index (χ2n) is 9.64. The minimum atomic E-state index is -0.384. The maximum atomic E-state index is 13.0. The molecule has 1 aromatic rings. The number of ether oxygens (including phenoxy) is 1. The summed E-state index contributed by atoms with van der Waals surface area (Å²) in [5.74, 6) is 0.0112. The van der Waals surface area contributed by atoms with Crippen molar-refractivity contribution in [3.63, 3.8) is 0 Å². The Hall–Kier alpha value is -1.39. The maximum absolute atomic E-state index is 13.0. The van der Waals surface area contributed by atoms with Crippen LogP contribution in [0, 0.1) is 13.8 Å². The fourth-order valence-corrected chi connectivity index (χ4v) is 3.97. The Balaban J connectivity index is 2.34. The Morgan fingerprint density at radius 1 is 0.923 bits per heavy atom. The highest BCUT2D eigenvalue weighted by atomic mass is 16.5. The zero-order valence-corrected chi connectivity index (χ0v) is 18.2. The number of carbonyl (C=O) groups is 1. The molecule has 0 spiro atoms. The summed E-state index contributed by atoms with van der Waals surface area (Å²) in [4.78, 5) is 15.3. The topological polar surface area (TPSA) is 41.6 Å². The van der Waals surface area contributed by atoms with Gasteiger partial charge in [0.2, 0.25) is 5.91 Å². The van der Waals surface area contributed by atoms with Crippen LogP contribution in [0.5, 0.6) is 0 Å². The van der Waals surface area contributed by atoms with Crippen LogP contribution in [-0.4, -0.2) is 39.6 Å². The number of para-hydroxylation sites is 1. The summed E-state index contributed by atoms with van der Waals surface area (Å²) in [6.45, 7) is 21.5. The largest absolute Gasteiger partial charge is 0.366 e. The molecule has 1 aliphatic rings. The summed E-state index contributed by atoms with van der Waals surface area (Å²) >= 11 is 0. The van der Waals surface area contributed by atoms with Gasteiger partial charge in [-0.25, -0.2) is 0 Å². The molecule has 4 heteroatoms. The molecule has 0 radical (unpaired) electrons. The van der Waals surface area contributed by atoms with Crippen molar-refractivity contribution in [3.8, 4) is 0 Å². The minimum absolute atomic E-state index is 0.0112. The van der Waals surface area contributed by atoms with Crippen LogP contribution in [0.3, 0.4) is 0 Å². The maximum Gasteiger partial charge on any atom is 0.238 e. The Morgan fingerprint density at radius 2 is 1.35 bits per heavy atom. The number of morpholine rings is 1. The van der Waals surface area contributed by atoms with E-state index in [0.717, 1.165) is 16.8 Å². The number of benzene rings is 1. The van der Waals surface area contributed by atoms with Crippen molar-refractivity contribution < 1.29 is 9.53 Å². The van der Waals surface area contributed by atoms with Gasteiger partial charge in [0.05, 0.1) is 17.7 Å². The van der Waals surface area contributed by atoms with E-state index in [1.807, 2.05) is 32.0 Å². The highest BCUT2D eigenvalue weighted by Crippen LogP contribution is 2.49. The second-order valence-corrected chi connectivity index (χ2v) is 9.64. The Labute approximate surface area is 159 Å². The van der Waals surface area contributed by atoms with E-state index in [-0.39, 0.29) is 28.2 Å². The van der Waals surface area contributed by atoms with Gasteiger partial charge in [-0.2, -0.15) is 0 Å². The van der Waals surface area contributed by atoms with Gasteiger partial charge in [-0.1, -0.05) is 18.2 Å². The summed E-state index contributed by atoms with van der Waals surface area (Å²) in [6.07, 6.45) is 0. The van der Waals surface area contributed by atoms with E-state index in [1.165, 1.54) is 0 Å². The summed E-state index contributed by atoms with van der Waals surface area (Å²) in [7, 11) is 0. The molecule has 0 unspecified atom stereocenters. The number of nitrogens with zero attached hydrogens (tertiary/aromatic N) is 1. The smallest absolute Gasteiger partial charge is 0.238 e. The monoisotopic (exact) mass is 360 g/mol. The first-order valence-corrected chi connectivity index (χ1v) is 9.47. The molecule has 0 aliphatic carbocycles. The van der Waals surface area contributed by atoms with E-state index in [1.54, 1.807) is 0 Å². The molecule has 1 aromatic carbocycles. The normalized spacial score (nSPS) is 23.5.